The predicted molar refractivity (Wildman–Crippen MR) is 97.3 cm³/mol. The molecule has 1 aliphatic rings. The van der Waals surface area contributed by atoms with Crippen molar-refractivity contribution >= 4 is 11.3 Å². The first kappa shape index (κ1) is 15.4. The van der Waals surface area contributed by atoms with Crippen LogP contribution in [0.5, 0.6) is 0 Å². The molecular weight excluding hydrogens is 328 g/mol. The van der Waals surface area contributed by atoms with Crippen LogP contribution in [0.1, 0.15) is 31.5 Å². The Morgan fingerprint density at radius 2 is 1.92 bits per heavy atom. The van der Waals surface area contributed by atoms with Crippen molar-refractivity contribution in [3.8, 4) is 11.1 Å². The fraction of sp³-hybridized carbons (Fsp3) is 0.333. The van der Waals surface area contributed by atoms with Gasteiger partial charge in [0.1, 0.15) is 0 Å². The van der Waals surface area contributed by atoms with E-state index in [9.17, 15) is 0 Å². The van der Waals surface area contributed by atoms with Crippen molar-refractivity contribution in [3.63, 3.8) is 0 Å². The van der Waals surface area contributed by atoms with Crippen LogP contribution >= 0.6 is 0 Å². The van der Waals surface area contributed by atoms with Gasteiger partial charge in [-0.1, -0.05) is 0 Å². The summed E-state index contributed by atoms with van der Waals surface area (Å²) in [4.78, 5) is 13.2. The van der Waals surface area contributed by atoms with E-state index in [0.717, 1.165) is 42.3 Å². The van der Waals surface area contributed by atoms with Gasteiger partial charge in [-0.15, -0.1) is 0 Å². The Morgan fingerprint density at radius 3 is 2.77 bits per heavy atom. The van der Waals surface area contributed by atoms with Gasteiger partial charge in [-0.05, 0) is 31.7 Å². The molecule has 0 unspecified atom stereocenters. The van der Waals surface area contributed by atoms with Gasteiger partial charge in [0.05, 0.1) is 17.3 Å². The van der Waals surface area contributed by atoms with Crippen LogP contribution < -0.4 is 11.5 Å². The highest BCUT2D eigenvalue weighted by molar-refractivity contribution is 5.79. The average molecular weight is 348 g/mol. The lowest BCUT2D eigenvalue weighted by Gasteiger charge is -2.34. The van der Waals surface area contributed by atoms with Crippen molar-refractivity contribution in [1.82, 2.24) is 29.0 Å². The van der Waals surface area contributed by atoms with Gasteiger partial charge in [-0.2, -0.15) is 5.10 Å². The summed E-state index contributed by atoms with van der Waals surface area (Å²) in [7, 11) is 0. The molecule has 4 N–H and O–H groups in total. The largest absolute Gasteiger partial charge is 0.328 e. The summed E-state index contributed by atoms with van der Waals surface area (Å²) < 4.78 is 3.74. The maximum absolute atomic E-state index is 6.59. The molecule has 0 bridgehead atoms. The van der Waals surface area contributed by atoms with Crippen molar-refractivity contribution < 1.29 is 0 Å². The summed E-state index contributed by atoms with van der Waals surface area (Å²) in [5.41, 5.74) is 15.0. The number of fused-ring (bicyclic) bond motifs is 2. The lowest BCUT2D eigenvalue weighted by atomic mass is 9.80. The lowest BCUT2D eigenvalue weighted by molar-refractivity contribution is 0.262. The molecule has 0 aliphatic heterocycles. The highest BCUT2D eigenvalue weighted by atomic mass is 15.3. The fourth-order valence-electron chi connectivity index (χ4n) is 3.71. The number of imidazole rings is 1. The fourth-order valence-corrected chi connectivity index (χ4v) is 3.71. The van der Waals surface area contributed by atoms with E-state index < -0.39 is 5.54 Å². The topological polar surface area (TPSA) is 112 Å². The van der Waals surface area contributed by atoms with Crippen LogP contribution in [0.4, 0.5) is 0 Å². The molecule has 8 heteroatoms. The first-order chi connectivity index (χ1) is 12.6. The van der Waals surface area contributed by atoms with E-state index in [1.165, 1.54) is 0 Å². The molecule has 0 spiro atoms. The van der Waals surface area contributed by atoms with E-state index in [1.54, 1.807) is 6.20 Å². The maximum atomic E-state index is 6.59. The second-order valence-electron chi connectivity index (χ2n) is 7.11. The summed E-state index contributed by atoms with van der Waals surface area (Å²) in [6.07, 6.45) is 14.7. The molecule has 4 aromatic rings. The van der Waals surface area contributed by atoms with Gasteiger partial charge < -0.3 is 11.5 Å². The van der Waals surface area contributed by atoms with Gasteiger partial charge >= 0.3 is 0 Å². The van der Waals surface area contributed by atoms with Gasteiger partial charge in [0.15, 0.2) is 5.82 Å². The smallest absolute Gasteiger partial charge is 0.233 e. The number of nitrogens with zero attached hydrogens (tertiary/aromatic N) is 6. The molecule has 0 aromatic carbocycles. The van der Waals surface area contributed by atoms with E-state index in [4.69, 9.17) is 16.6 Å². The molecule has 5 rings (SSSR count). The first-order valence-electron chi connectivity index (χ1n) is 8.81. The molecule has 0 radical (unpaired) electrons. The quantitative estimate of drug-likeness (QED) is 0.567. The lowest BCUT2D eigenvalue weighted by Crippen LogP contribution is -2.45. The molecule has 1 fully saturated rings. The third kappa shape index (κ3) is 2.38. The Kier molecular flexibility index (Phi) is 3.31. The Bertz CT molecular complexity index is 1090. The van der Waals surface area contributed by atoms with Gasteiger partial charge in [0.2, 0.25) is 5.78 Å². The summed E-state index contributed by atoms with van der Waals surface area (Å²) in [6.45, 7) is 0. The molecule has 4 heterocycles. The van der Waals surface area contributed by atoms with E-state index in [0.29, 0.717) is 11.6 Å². The van der Waals surface area contributed by atoms with Gasteiger partial charge in [-0.3, -0.25) is 4.40 Å². The first-order valence-corrected chi connectivity index (χ1v) is 8.81. The second kappa shape index (κ2) is 5.58. The van der Waals surface area contributed by atoms with Gasteiger partial charge in [0, 0.05) is 48.2 Å². The monoisotopic (exact) mass is 348 g/mol. The molecule has 0 saturated heterocycles. The number of rotatable bonds is 2. The van der Waals surface area contributed by atoms with Crippen molar-refractivity contribution in [3.05, 3.63) is 49.1 Å². The van der Waals surface area contributed by atoms with Crippen molar-refractivity contribution in [1.29, 1.82) is 0 Å². The maximum Gasteiger partial charge on any atom is 0.233 e. The Labute approximate surface area is 149 Å². The minimum absolute atomic E-state index is 0.235. The second-order valence-corrected chi connectivity index (χ2v) is 7.11. The minimum atomic E-state index is -0.494. The van der Waals surface area contributed by atoms with Crippen LogP contribution in [-0.2, 0) is 5.54 Å². The summed E-state index contributed by atoms with van der Waals surface area (Å²) >= 11 is 0. The molecule has 1 saturated carbocycles. The predicted octanol–water partition coefficient (Wildman–Crippen LogP) is 1.49. The van der Waals surface area contributed by atoms with Crippen LogP contribution in [0.2, 0.25) is 0 Å². The number of hydrogen-bond acceptors (Lipinski definition) is 6. The Balaban J connectivity index is 1.55. The van der Waals surface area contributed by atoms with Crippen LogP contribution in [0.15, 0.2) is 43.2 Å². The van der Waals surface area contributed by atoms with E-state index in [2.05, 4.69) is 15.0 Å². The average Bonchev–Trinajstić information content (AvgIpc) is 3.29. The van der Waals surface area contributed by atoms with Gasteiger partial charge in [-0.25, -0.2) is 19.5 Å². The normalized spacial score (nSPS) is 23.7. The van der Waals surface area contributed by atoms with E-state index in [1.807, 2.05) is 46.0 Å². The zero-order valence-electron chi connectivity index (χ0n) is 14.3. The van der Waals surface area contributed by atoms with Gasteiger partial charge in [0.25, 0.3) is 0 Å². The van der Waals surface area contributed by atoms with E-state index >= 15 is 0 Å². The van der Waals surface area contributed by atoms with Crippen molar-refractivity contribution in [2.75, 3.05) is 0 Å². The molecule has 132 valence electrons. The van der Waals surface area contributed by atoms with Crippen molar-refractivity contribution in [2.45, 2.75) is 37.3 Å². The zero-order chi connectivity index (χ0) is 17.7. The zero-order valence-corrected chi connectivity index (χ0v) is 14.3. The molecule has 26 heavy (non-hydrogen) atoms. The van der Waals surface area contributed by atoms with Crippen LogP contribution in [-0.4, -0.2) is 35.0 Å². The summed E-state index contributed by atoms with van der Waals surface area (Å²) in [6, 6.07) is 2.26. The van der Waals surface area contributed by atoms with E-state index in [-0.39, 0.29) is 6.04 Å². The summed E-state index contributed by atoms with van der Waals surface area (Å²) in [5, 5.41) is 4.69. The van der Waals surface area contributed by atoms with Crippen LogP contribution in [0.25, 0.3) is 22.4 Å². The number of nitrogens with two attached hydrogens (primary N) is 2. The summed E-state index contributed by atoms with van der Waals surface area (Å²) in [5.74, 6) is 1.36. The third-order valence-corrected chi connectivity index (χ3v) is 5.34. The highest BCUT2D eigenvalue weighted by Crippen LogP contribution is 2.33. The Hall–Kier alpha value is -2.84. The highest BCUT2D eigenvalue weighted by Gasteiger charge is 2.35. The number of hydrogen-bond donors (Lipinski definition) is 2. The molecular formula is C18H20N8. The molecule has 1 aliphatic carbocycles. The third-order valence-electron chi connectivity index (χ3n) is 5.34. The van der Waals surface area contributed by atoms with Crippen LogP contribution in [0, 0.1) is 0 Å². The molecule has 4 aromatic heterocycles. The Morgan fingerprint density at radius 1 is 1.08 bits per heavy atom. The SMILES string of the molecule is NC1CCC(N)(c2ncc3c(-c4cnc5nccn5c4)ccn3n2)CC1. The number of aromatic nitrogens is 6. The molecule has 8 nitrogen and oxygen atoms in total. The molecule has 0 amide bonds. The van der Waals surface area contributed by atoms with Crippen molar-refractivity contribution in [2.24, 2.45) is 11.5 Å². The molecule has 0 atom stereocenters. The minimum Gasteiger partial charge on any atom is -0.328 e. The standard InChI is InChI=1S/C18H20N8/c19-13-1-4-18(20,5-2-13)16-22-10-15-14(3-7-26(15)24-16)12-9-23-17-21-6-8-25(17)11-12/h3,6-11,13H,1-2,4-5,19-20H2. The van der Waals surface area contributed by atoms with Crippen LogP contribution in [0.3, 0.4) is 0 Å².